The van der Waals surface area contributed by atoms with Gasteiger partial charge in [-0.05, 0) is 50.0 Å². The second kappa shape index (κ2) is 6.97. The third-order valence-electron chi connectivity index (χ3n) is 5.21. The SMILES string of the molecule is CC(C)(C)C1CCN(S(=O)(=O)CCC2CCCCN2)CC1. The Morgan fingerprint density at radius 2 is 1.76 bits per heavy atom. The number of sulfonamides is 1. The number of nitrogens with one attached hydrogen (secondary N) is 1. The highest BCUT2D eigenvalue weighted by Crippen LogP contribution is 2.35. The van der Waals surface area contributed by atoms with Crippen molar-refractivity contribution in [3.8, 4) is 0 Å². The number of hydrogen-bond acceptors (Lipinski definition) is 3. The predicted molar refractivity (Wildman–Crippen MR) is 87.8 cm³/mol. The molecule has 0 aromatic carbocycles. The molecule has 2 fully saturated rings. The third kappa shape index (κ3) is 4.93. The molecule has 5 heteroatoms. The predicted octanol–water partition coefficient (Wildman–Crippen LogP) is 2.61. The molecule has 124 valence electrons. The van der Waals surface area contributed by atoms with Crippen LogP contribution in [0.5, 0.6) is 0 Å². The number of nitrogens with zero attached hydrogens (tertiary/aromatic N) is 1. The van der Waals surface area contributed by atoms with Gasteiger partial charge in [0, 0.05) is 19.1 Å². The second-order valence-electron chi connectivity index (χ2n) is 7.79. The Labute approximate surface area is 130 Å². The Balaban J connectivity index is 1.80. The number of piperidine rings is 2. The van der Waals surface area contributed by atoms with Gasteiger partial charge >= 0.3 is 0 Å². The molecule has 2 heterocycles. The van der Waals surface area contributed by atoms with Crippen molar-refractivity contribution in [2.24, 2.45) is 11.3 Å². The zero-order valence-electron chi connectivity index (χ0n) is 13.9. The molecule has 2 aliphatic rings. The fourth-order valence-electron chi connectivity index (χ4n) is 3.59. The Bertz CT molecular complexity index is 414. The lowest BCUT2D eigenvalue weighted by Crippen LogP contribution is -2.43. The second-order valence-corrected chi connectivity index (χ2v) is 9.88. The Hall–Kier alpha value is -0.130. The molecule has 0 bridgehead atoms. The molecule has 0 aromatic rings. The molecule has 4 nitrogen and oxygen atoms in total. The minimum absolute atomic E-state index is 0.294. The number of rotatable bonds is 4. The minimum atomic E-state index is -3.06. The molecule has 1 unspecified atom stereocenters. The van der Waals surface area contributed by atoms with E-state index in [2.05, 4.69) is 26.1 Å². The summed E-state index contributed by atoms with van der Waals surface area (Å²) >= 11 is 0. The van der Waals surface area contributed by atoms with E-state index >= 15 is 0 Å². The Morgan fingerprint density at radius 1 is 1.10 bits per heavy atom. The molecule has 1 N–H and O–H groups in total. The zero-order valence-corrected chi connectivity index (χ0v) is 14.7. The highest BCUT2D eigenvalue weighted by atomic mass is 32.2. The molecule has 0 spiro atoms. The standard InChI is InChI=1S/C16H32N2O2S/c1-16(2,3)14-7-11-18(12-8-14)21(19,20)13-9-15-6-4-5-10-17-15/h14-15,17H,4-13H2,1-3H3. The summed E-state index contributed by atoms with van der Waals surface area (Å²) < 4.78 is 26.7. The van der Waals surface area contributed by atoms with Crippen LogP contribution in [0.2, 0.25) is 0 Å². The first kappa shape index (κ1) is 17.2. The van der Waals surface area contributed by atoms with Crippen LogP contribution in [0.3, 0.4) is 0 Å². The first-order valence-corrected chi connectivity index (χ1v) is 10.1. The van der Waals surface area contributed by atoms with Crippen molar-refractivity contribution in [1.82, 2.24) is 9.62 Å². The van der Waals surface area contributed by atoms with Gasteiger partial charge in [0.05, 0.1) is 5.75 Å². The summed E-state index contributed by atoms with van der Waals surface area (Å²) in [5, 5.41) is 3.44. The molecule has 1 atom stereocenters. The van der Waals surface area contributed by atoms with Crippen LogP contribution in [0.4, 0.5) is 0 Å². The smallest absolute Gasteiger partial charge is 0.214 e. The van der Waals surface area contributed by atoms with Gasteiger partial charge in [0.1, 0.15) is 0 Å². The highest BCUT2D eigenvalue weighted by Gasteiger charge is 2.33. The van der Waals surface area contributed by atoms with E-state index in [9.17, 15) is 8.42 Å². The topological polar surface area (TPSA) is 49.4 Å². The Morgan fingerprint density at radius 3 is 2.29 bits per heavy atom. The summed E-state index contributed by atoms with van der Waals surface area (Å²) in [6.45, 7) is 9.25. The lowest BCUT2D eigenvalue weighted by molar-refractivity contribution is 0.154. The fourth-order valence-corrected chi connectivity index (χ4v) is 5.20. The van der Waals surface area contributed by atoms with Crippen LogP contribution in [0.15, 0.2) is 0 Å². The molecule has 0 amide bonds. The third-order valence-corrected chi connectivity index (χ3v) is 7.11. The summed E-state index contributed by atoms with van der Waals surface area (Å²) in [5.74, 6) is 0.953. The van der Waals surface area contributed by atoms with Gasteiger partial charge in [-0.1, -0.05) is 27.2 Å². The van der Waals surface area contributed by atoms with Gasteiger partial charge < -0.3 is 5.32 Å². The molecular formula is C16H32N2O2S. The minimum Gasteiger partial charge on any atom is -0.314 e. The molecule has 0 aliphatic carbocycles. The van der Waals surface area contributed by atoms with E-state index in [0.717, 1.165) is 32.2 Å². The van der Waals surface area contributed by atoms with Gasteiger partial charge in [0.15, 0.2) is 0 Å². The van der Waals surface area contributed by atoms with E-state index in [4.69, 9.17) is 0 Å². The van der Waals surface area contributed by atoms with Crippen LogP contribution in [0.1, 0.15) is 59.3 Å². The van der Waals surface area contributed by atoms with Crippen LogP contribution in [0, 0.1) is 11.3 Å². The van der Waals surface area contributed by atoms with E-state index in [-0.39, 0.29) is 0 Å². The summed E-state index contributed by atoms with van der Waals surface area (Å²) in [7, 11) is -3.06. The molecular weight excluding hydrogens is 284 g/mol. The van der Waals surface area contributed by atoms with Gasteiger partial charge in [-0.2, -0.15) is 0 Å². The van der Waals surface area contributed by atoms with Gasteiger partial charge in [-0.15, -0.1) is 0 Å². The average molecular weight is 317 g/mol. The number of hydrogen-bond donors (Lipinski definition) is 1. The van der Waals surface area contributed by atoms with Gasteiger partial charge in [0.25, 0.3) is 0 Å². The largest absolute Gasteiger partial charge is 0.314 e. The summed E-state index contributed by atoms with van der Waals surface area (Å²) in [4.78, 5) is 0. The molecule has 2 saturated heterocycles. The Kier molecular flexibility index (Phi) is 5.71. The van der Waals surface area contributed by atoms with Crippen LogP contribution in [0.25, 0.3) is 0 Å². The van der Waals surface area contributed by atoms with Crippen LogP contribution < -0.4 is 5.32 Å². The molecule has 0 saturated carbocycles. The quantitative estimate of drug-likeness (QED) is 0.867. The van der Waals surface area contributed by atoms with E-state index in [1.165, 1.54) is 12.8 Å². The van der Waals surface area contributed by atoms with Gasteiger partial charge in [-0.3, -0.25) is 0 Å². The molecule has 0 radical (unpaired) electrons. The van der Waals surface area contributed by atoms with Crippen molar-refractivity contribution in [3.63, 3.8) is 0 Å². The molecule has 0 aromatic heterocycles. The molecule has 2 rings (SSSR count). The fraction of sp³-hybridized carbons (Fsp3) is 1.00. The first-order chi connectivity index (χ1) is 9.79. The summed E-state index contributed by atoms with van der Waals surface area (Å²) in [5.41, 5.74) is 0.294. The van der Waals surface area contributed by atoms with Crippen molar-refractivity contribution >= 4 is 10.0 Å². The normalized spacial score (nSPS) is 26.9. The maximum Gasteiger partial charge on any atom is 0.214 e. The zero-order chi connectivity index (χ0) is 15.5. The van der Waals surface area contributed by atoms with E-state index in [1.807, 2.05) is 0 Å². The van der Waals surface area contributed by atoms with E-state index in [1.54, 1.807) is 4.31 Å². The van der Waals surface area contributed by atoms with E-state index < -0.39 is 10.0 Å². The molecule has 21 heavy (non-hydrogen) atoms. The van der Waals surface area contributed by atoms with Crippen molar-refractivity contribution < 1.29 is 8.42 Å². The van der Waals surface area contributed by atoms with Crippen molar-refractivity contribution in [3.05, 3.63) is 0 Å². The summed E-state index contributed by atoms with van der Waals surface area (Å²) in [6, 6.07) is 0.403. The van der Waals surface area contributed by atoms with Gasteiger partial charge in [0.2, 0.25) is 10.0 Å². The maximum absolute atomic E-state index is 12.5. The van der Waals surface area contributed by atoms with Crippen LogP contribution in [-0.2, 0) is 10.0 Å². The van der Waals surface area contributed by atoms with Crippen LogP contribution in [-0.4, -0.2) is 44.2 Å². The maximum atomic E-state index is 12.5. The summed E-state index contributed by atoms with van der Waals surface area (Å²) in [6.07, 6.45) is 6.36. The van der Waals surface area contributed by atoms with Crippen molar-refractivity contribution in [2.75, 3.05) is 25.4 Å². The first-order valence-electron chi connectivity index (χ1n) is 8.50. The van der Waals surface area contributed by atoms with Crippen molar-refractivity contribution in [1.29, 1.82) is 0 Å². The van der Waals surface area contributed by atoms with E-state index in [0.29, 0.717) is 36.2 Å². The average Bonchev–Trinajstić information content (AvgIpc) is 2.46. The lowest BCUT2D eigenvalue weighted by atomic mass is 9.76. The van der Waals surface area contributed by atoms with Gasteiger partial charge in [-0.25, -0.2) is 12.7 Å². The molecule has 2 aliphatic heterocycles. The highest BCUT2D eigenvalue weighted by molar-refractivity contribution is 7.89. The monoisotopic (exact) mass is 316 g/mol. The van der Waals surface area contributed by atoms with Crippen LogP contribution >= 0.6 is 0 Å². The lowest BCUT2D eigenvalue weighted by Gasteiger charge is -2.38. The van der Waals surface area contributed by atoms with Crippen molar-refractivity contribution in [2.45, 2.75) is 65.3 Å².